The quantitative estimate of drug-likeness (QED) is 0.131. The molecule has 2 unspecified atom stereocenters. The molecule has 2 heterocycles. The van der Waals surface area contributed by atoms with Crippen molar-refractivity contribution >= 4 is 41.3 Å². The van der Waals surface area contributed by atoms with E-state index in [1.807, 2.05) is 0 Å². The minimum atomic E-state index is -1.39. The SMILES string of the molecule is CC1(C)S[C@@H]2C(NC(=O)C(NC(=O)OCc3ccc([N+](=O)[O-])cc3)c3ccc(O)cc3)C(=O)N2[C@H]1C(=O)[O-].[K+]. The Balaban J connectivity index is 0.00000420. The first-order valence-corrected chi connectivity index (χ1v) is 12.2. The van der Waals surface area contributed by atoms with Crippen molar-refractivity contribution < 1.29 is 90.4 Å². The van der Waals surface area contributed by atoms with Crippen LogP contribution in [0, 0.1) is 10.1 Å². The summed E-state index contributed by atoms with van der Waals surface area (Å²) in [7, 11) is 0. The van der Waals surface area contributed by atoms with Crippen molar-refractivity contribution in [3.8, 4) is 5.75 Å². The largest absolute Gasteiger partial charge is 1.00 e. The van der Waals surface area contributed by atoms with Gasteiger partial charge in [0.25, 0.3) is 5.69 Å². The number of carboxylic acid groups (broad SMARTS) is 1. The van der Waals surface area contributed by atoms with Gasteiger partial charge in [0.1, 0.15) is 29.8 Å². The number of nitro groups is 1. The number of rotatable bonds is 8. The molecule has 4 rings (SSSR count). The number of β-lactam (4-membered cyclic amide) rings is 1. The predicted octanol–water partition coefficient (Wildman–Crippen LogP) is -2.43. The Morgan fingerprint density at radius 1 is 1.15 bits per heavy atom. The summed E-state index contributed by atoms with van der Waals surface area (Å²) in [5, 5.41) is 36.4. The number of carbonyl (C=O) groups is 4. The molecule has 2 aliphatic heterocycles. The van der Waals surface area contributed by atoms with Crippen molar-refractivity contribution in [1.82, 2.24) is 15.5 Å². The predicted molar refractivity (Wildman–Crippen MR) is 130 cm³/mol. The molecule has 0 aliphatic carbocycles. The monoisotopic (exact) mass is 582 g/mol. The number of benzene rings is 2. The van der Waals surface area contributed by atoms with Crippen LogP contribution in [0.4, 0.5) is 10.5 Å². The Morgan fingerprint density at radius 3 is 2.33 bits per heavy atom. The molecule has 2 aromatic rings. The summed E-state index contributed by atoms with van der Waals surface area (Å²) >= 11 is 1.22. The second kappa shape index (κ2) is 12.2. The number of carbonyl (C=O) groups excluding carboxylic acids is 4. The number of alkyl carbamates (subject to hydrolysis) is 1. The number of aliphatic carboxylic acids is 1. The minimum absolute atomic E-state index is 0. The van der Waals surface area contributed by atoms with Gasteiger partial charge in [-0.3, -0.25) is 19.7 Å². The Morgan fingerprint density at radius 2 is 1.77 bits per heavy atom. The van der Waals surface area contributed by atoms with Gasteiger partial charge in [0.2, 0.25) is 11.8 Å². The smallest absolute Gasteiger partial charge is 0.548 e. The maximum atomic E-state index is 13.2. The van der Waals surface area contributed by atoms with Gasteiger partial charge in [-0.25, -0.2) is 4.79 Å². The van der Waals surface area contributed by atoms with Gasteiger partial charge in [0.05, 0.1) is 16.9 Å². The molecule has 39 heavy (non-hydrogen) atoms. The van der Waals surface area contributed by atoms with Crippen molar-refractivity contribution in [2.45, 2.75) is 48.7 Å². The first-order valence-electron chi connectivity index (χ1n) is 11.4. The van der Waals surface area contributed by atoms with Gasteiger partial charge < -0.3 is 35.3 Å². The molecule has 2 fully saturated rings. The summed E-state index contributed by atoms with van der Waals surface area (Å²) in [6.07, 6.45) is -0.980. The summed E-state index contributed by atoms with van der Waals surface area (Å²) in [4.78, 5) is 61.5. The number of ether oxygens (including phenoxy) is 1. The maximum absolute atomic E-state index is 13.2. The number of fused-ring (bicyclic) bond motifs is 1. The number of nitrogens with one attached hydrogen (secondary N) is 2. The van der Waals surface area contributed by atoms with Gasteiger partial charge in [0.15, 0.2) is 0 Å². The Labute approximate surface area is 269 Å². The molecule has 4 atom stereocenters. The van der Waals surface area contributed by atoms with Gasteiger partial charge in [-0.1, -0.05) is 12.1 Å². The molecule has 0 saturated carbocycles. The van der Waals surface area contributed by atoms with E-state index < -0.39 is 57.0 Å². The van der Waals surface area contributed by atoms with E-state index in [9.17, 15) is 39.5 Å². The third-order valence-corrected chi connectivity index (χ3v) is 7.80. The van der Waals surface area contributed by atoms with Gasteiger partial charge in [-0.15, -0.1) is 11.8 Å². The fraction of sp³-hybridized carbons (Fsp3) is 0.333. The average molecular weight is 583 g/mol. The number of phenolic OH excluding ortho intramolecular Hbond substituents is 1. The number of aromatic hydroxyl groups is 1. The third kappa shape index (κ3) is 6.55. The normalized spacial score (nSPS) is 21.4. The number of thioether (sulfide) groups is 1. The van der Waals surface area contributed by atoms with E-state index >= 15 is 0 Å². The van der Waals surface area contributed by atoms with E-state index in [0.29, 0.717) is 5.56 Å². The molecular weight excluding hydrogens is 559 g/mol. The summed E-state index contributed by atoms with van der Waals surface area (Å²) in [6.45, 7) is 3.11. The van der Waals surface area contributed by atoms with Crippen molar-refractivity contribution in [2.24, 2.45) is 0 Å². The van der Waals surface area contributed by atoms with Crippen LogP contribution in [0.3, 0.4) is 0 Å². The van der Waals surface area contributed by atoms with Crippen LogP contribution in [-0.4, -0.2) is 61.0 Å². The third-order valence-electron chi connectivity index (χ3n) is 6.23. The summed E-state index contributed by atoms with van der Waals surface area (Å²) in [5.41, 5.74) is 0.629. The molecule has 0 spiro atoms. The van der Waals surface area contributed by atoms with Crippen LogP contribution in [0.5, 0.6) is 5.75 Å². The molecule has 2 aliphatic rings. The van der Waals surface area contributed by atoms with Crippen LogP contribution in [-0.2, 0) is 25.7 Å². The molecule has 13 nitrogen and oxygen atoms in total. The van der Waals surface area contributed by atoms with E-state index in [4.69, 9.17) is 4.74 Å². The molecule has 0 radical (unpaired) electrons. The van der Waals surface area contributed by atoms with Crippen LogP contribution in [0.1, 0.15) is 31.0 Å². The molecule has 3 amide bonds. The van der Waals surface area contributed by atoms with E-state index in [-0.39, 0.29) is 75.0 Å². The zero-order chi connectivity index (χ0) is 27.8. The Kier molecular flexibility index (Phi) is 9.67. The van der Waals surface area contributed by atoms with Crippen LogP contribution in [0.15, 0.2) is 48.5 Å². The number of amides is 3. The maximum Gasteiger partial charge on any atom is 1.00 e. The van der Waals surface area contributed by atoms with Crippen LogP contribution in [0.2, 0.25) is 0 Å². The second-order valence-electron chi connectivity index (χ2n) is 9.23. The number of hydrogen-bond acceptors (Lipinski definition) is 10. The zero-order valence-electron chi connectivity index (χ0n) is 21.2. The zero-order valence-corrected chi connectivity index (χ0v) is 25.1. The first kappa shape index (κ1) is 30.8. The van der Waals surface area contributed by atoms with Crippen molar-refractivity contribution in [1.29, 1.82) is 0 Å². The van der Waals surface area contributed by atoms with Crippen LogP contribution in [0.25, 0.3) is 0 Å². The number of nitro benzene ring substituents is 1. The molecule has 2 saturated heterocycles. The number of nitrogens with zero attached hydrogens (tertiary/aromatic N) is 2. The van der Waals surface area contributed by atoms with Crippen LogP contribution >= 0.6 is 11.8 Å². The Hall–Kier alpha value is -2.69. The van der Waals surface area contributed by atoms with E-state index in [0.717, 1.165) is 0 Å². The molecule has 2 aromatic carbocycles. The van der Waals surface area contributed by atoms with Gasteiger partial charge in [0, 0.05) is 16.9 Å². The van der Waals surface area contributed by atoms with Gasteiger partial charge in [-0.2, -0.15) is 0 Å². The topological polar surface area (TPSA) is 191 Å². The minimum Gasteiger partial charge on any atom is -0.548 e. The van der Waals surface area contributed by atoms with E-state index in [1.54, 1.807) is 13.8 Å². The summed E-state index contributed by atoms with van der Waals surface area (Å²) in [5.74, 6) is -2.80. The van der Waals surface area contributed by atoms with Crippen molar-refractivity contribution in [3.63, 3.8) is 0 Å². The Bertz CT molecular complexity index is 1290. The first-order chi connectivity index (χ1) is 17.9. The van der Waals surface area contributed by atoms with E-state index in [1.165, 1.54) is 65.2 Å². The van der Waals surface area contributed by atoms with Crippen molar-refractivity contribution in [2.75, 3.05) is 0 Å². The standard InChI is InChI=1S/C24H24N4O9S.K/c1-24(2)18(22(32)33)27-20(31)17(21(27)38-24)25-19(30)16(13-5-9-15(29)10-6-13)26-23(34)37-11-12-3-7-14(8-4-12)28(35)36;/h3-10,16-18,21,29H,11H2,1-2H3,(H,25,30)(H,26,34)(H,32,33);/q;+1/p-1/t16?,17?,18-,21+;/m0./s1. The summed E-state index contributed by atoms with van der Waals surface area (Å²) in [6, 6.07) is 7.31. The molecule has 0 aromatic heterocycles. The van der Waals surface area contributed by atoms with Gasteiger partial charge in [-0.05, 0) is 49.2 Å². The number of non-ortho nitro benzene ring substituents is 1. The molecule has 3 N–H and O–H groups in total. The van der Waals surface area contributed by atoms with E-state index in [2.05, 4.69) is 10.6 Å². The van der Waals surface area contributed by atoms with Gasteiger partial charge >= 0.3 is 57.5 Å². The fourth-order valence-corrected chi connectivity index (χ4v) is 5.97. The molecule has 200 valence electrons. The molecule has 15 heteroatoms. The molecular formula is C24H23KN4O9S. The number of phenols is 1. The van der Waals surface area contributed by atoms with Crippen LogP contribution < -0.4 is 67.1 Å². The second-order valence-corrected chi connectivity index (χ2v) is 11.0. The fourth-order valence-electron chi connectivity index (χ4n) is 4.35. The molecule has 0 bridgehead atoms. The number of hydrogen-bond donors (Lipinski definition) is 3. The summed E-state index contributed by atoms with van der Waals surface area (Å²) < 4.78 is 4.32. The number of carboxylic acids is 1. The average Bonchev–Trinajstić information content (AvgIpc) is 3.13. The van der Waals surface area contributed by atoms with Crippen molar-refractivity contribution in [3.05, 3.63) is 69.8 Å².